The summed E-state index contributed by atoms with van der Waals surface area (Å²) in [6.07, 6.45) is 7.32. The van der Waals surface area contributed by atoms with Gasteiger partial charge in [-0.05, 0) is 12.5 Å². The minimum absolute atomic E-state index is 0.0108. The predicted molar refractivity (Wildman–Crippen MR) is 77.9 cm³/mol. The molecule has 0 saturated carbocycles. The Morgan fingerprint density at radius 3 is 3.05 bits per heavy atom. The van der Waals surface area contributed by atoms with E-state index in [9.17, 15) is 4.79 Å². The van der Waals surface area contributed by atoms with Gasteiger partial charge in [-0.25, -0.2) is 4.98 Å². The molecule has 0 bridgehead atoms. The summed E-state index contributed by atoms with van der Waals surface area (Å²) in [6.45, 7) is 5.05. The number of morpholine rings is 1. The summed E-state index contributed by atoms with van der Waals surface area (Å²) in [4.78, 5) is 18.0. The fraction of sp³-hybridized carbons (Fsp3) is 0.571. The van der Waals surface area contributed by atoms with Crippen LogP contribution in [-0.4, -0.2) is 61.2 Å². The Labute approximate surface area is 128 Å². The molecule has 0 aromatic carbocycles. The Balaban J connectivity index is 1.50. The number of rotatable bonds is 5. The molecule has 0 N–H and O–H groups in total. The van der Waals surface area contributed by atoms with Gasteiger partial charge in [-0.1, -0.05) is 0 Å². The SMILES string of the molecule is Cc1cnn(CC2CN(C(=O)CCn3cncn3)CCO2)c1. The van der Waals surface area contributed by atoms with Gasteiger partial charge in [-0.3, -0.25) is 14.2 Å². The first kappa shape index (κ1) is 14.7. The fourth-order valence-corrected chi connectivity index (χ4v) is 2.55. The van der Waals surface area contributed by atoms with Crippen LogP contribution in [0.2, 0.25) is 0 Å². The largest absolute Gasteiger partial charge is 0.373 e. The van der Waals surface area contributed by atoms with Crippen molar-refractivity contribution in [3.05, 3.63) is 30.6 Å². The Morgan fingerprint density at radius 1 is 1.41 bits per heavy atom. The second-order valence-corrected chi connectivity index (χ2v) is 5.48. The zero-order chi connectivity index (χ0) is 15.4. The molecule has 0 spiro atoms. The van der Waals surface area contributed by atoms with E-state index in [0.29, 0.717) is 39.2 Å². The van der Waals surface area contributed by atoms with Crippen LogP contribution < -0.4 is 0 Å². The van der Waals surface area contributed by atoms with Crippen LogP contribution in [0.4, 0.5) is 0 Å². The lowest BCUT2D eigenvalue weighted by Crippen LogP contribution is -2.47. The van der Waals surface area contributed by atoms with E-state index < -0.39 is 0 Å². The molecule has 3 rings (SSSR count). The number of carbonyl (C=O) groups excluding carboxylic acids is 1. The molecule has 3 heterocycles. The number of amides is 1. The van der Waals surface area contributed by atoms with Gasteiger partial charge < -0.3 is 9.64 Å². The third kappa shape index (κ3) is 3.70. The van der Waals surface area contributed by atoms with Crippen molar-refractivity contribution in [3.8, 4) is 0 Å². The van der Waals surface area contributed by atoms with Crippen molar-refractivity contribution in [2.45, 2.75) is 32.5 Å². The van der Waals surface area contributed by atoms with E-state index in [2.05, 4.69) is 15.2 Å². The number of hydrogen-bond acceptors (Lipinski definition) is 5. The minimum atomic E-state index is -0.0108. The summed E-state index contributed by atoms with van der Waals surface area (Å²) in [5, 5.41) is 8.27. The molecule has 1 atom stereocenters. The number of nitrogens with zero attached hydrogens (tertiary/aromatic N) is 6. The summed E-state index contributed by atoms with van der Waals surface area (Å²) < 4.78 is 9.27. The first-order valence-electron chi connectivity index (χ1n) is 7.41. The third-order valence-electron chi connectivity index (χ3n) is 3.67. The maximum absolute atomic E-state index is 12.3. The molecule has 118 valence electrons. The molecule has 1 unspecified atom stereocenters. The second kappa shape index (κ2) is 6.69. The summed E-state index contributed by atoms with van der Waals surface area (Å²) >= 11 is 0. The van der Waals surface area contributed by atoms with Crippen molar-refractivity contribution in [3.63, 3.8) is 0 Å². The van der Waals surface area contributed by atoms with E-state index in [1.54, 1.807) is 11.0 Å². The predicted octanol–water partition coefficient (Wildman–Crippen LogP) is 0.101. The van der Waals surface area contributed by atoms with Crippen molar-refractivity contribution in [1.29, 1.82) is 0 Å². The molecule has 1 fully saturated rings. The molecule has 8 nitrogen and oxygen atoms in total. The summed E-state index contributed by atoms with van der Waals surface area (Å²) in [6, 6.07) is 0. The van der Waals surface area contributed by atoms with Crippen molar-refractivity contribution < 1.29 is 9.53 Å². The van der Waals surface area contributed by atoms with E-state index in [1.807, 2.05) is 28.9 Å². The summed E-state index contributed by atoms with van der Waals surface area (Å²) in [7, 11) is 0. The van der Waals surface area contributed by atoms with Crippen LogP contribution in [0.1, 0.15) is 12.0 Å². The average Bonchev–Trinajstić information content (AvgIpc) is 3.17. The molecular weight excluding hydrogens is 284 g/mol. The Hall–Kier alpha value is -2.22. The highest BCUT2D eigenvalue weighted by molar-refractivity contribution is 5.76. The third-order valence-corrected chi connectivity index (χ3v) is 3.67. The van der Waals surface area contributed by atoms with Gasteiger partial charge in [0.15, 0.2) is 0 Å². The first-order chi connectivity index (χ1) is 10.7. The maximum Gasteiger partial charge on any atom is 0.224 e. The van der Waals surface area contributed by atoms with E-state index >= 15 is 0 Å². The van der Waals surface area contributed by atoms with Crippen LogP contribution in [0.15, 0.2) is 25.0 Å². The normalized spacial score (nSPS) is 18.6. The molecule has 1 aliphatic heterocycles. The summed E-state index contributed by atoms with van der Waals surface area (Å²) in [5.41, 5.74) is 1.12. The molecule has 2 aromatic heterocycles. The van der Waals surface area contributed by atoms with Gasteiger partial charge >= 0.3 is 0 Å². The van der Waals surface area contributed by atoms with Crippen molar-refractivity contribution in [2.24, 2.45) is 0 Å². The highest BCUT2D eigenvalue weighted by atomic mass is 16.5. The topological polar surface area (TPSA) is 78.1 Å². The Kier molecular flexibility index (Phi) is 4.47. The second-order valence-electron chi connectivity index (χ2n) is 5.48. The first-order valence-corrected chi connectivity index (χ1v) is 7.41. The molecule has 2 aromatic rings. The molecule has 0 radical (unpaired) electrons. The van der Waals surface area contributed by atoms with Gasteiger partial charge in [-0.2, -0.15) is 10.2 Å². The van der Waals surface area contributed by atoms with Crippen LogP contribution in [0, 0.1) is 6.92 Å². The zero-order valence-corrected chi connectivity index (χ0v) is 12.6. The lowest BCUT2D eigenvalue weighted by Gasteiger charge is -2.33. The number of hydrogen-bond donors (Lipinski definition) is 0. The molecule has 1 saturated heterocycles. The van der Waals surface area contributed by atoms with Gasteiger partial charge in [0.25, 0.3) is 0 Å². The van der Waals surface area contributed by atoms with E-state index in [-0.39, 0.29) is 12.0 Å². The van der Waals surface area contributed by atoms with Crippen LogP contribution in [0.25, 0.3) is 0 Å². The van der Waals surface area contributed by atoms with E-state index in [1.165, 1.54) is 6.33 Å². The minimum Gasteiger partial charge on any atom is -0.373 e. The van der Waals surface area contributed by atoms with Gasteiger partial charge in [0.1, 0.15) is 12.7 Å². The van der Waals surface area contributed by atoms with Gasteiger partial charge in [-0.15, -0.1) is 0 Å². The van der Waals surface area contributed by atoms with Crippen molar-refractivity contribution in [2.75, 3.05) is 19.7 Å². The average molecular weight is 304 g/mol. The molecule has 8 heteroatoms. The molecule has 22 heavy (non-hydrogen) atoms. The number of aromatic nitrogens is 5. The fourth-order valence-electron chi connectivity index (χ4n) is 2.55. The smallest absolute Gasteiger partial charge is 0.224 e. The number of aryl methyl sites for hydroxylation is 2. The number of carbonyl (C=O) groups is 1. The van der Waals surface area contributed by atoms with E-state index in [4.69, 9.17) is 4.74 Å². The lowest BCUT2D eigenvalue weighted by molar-refractivity contribution is -0.139. The van der Waals surface area contributed by atoms with E-state index in [0.717, 1.165) is 5.56 Å². The van der Waals surface area contributed by atoms with Crippen LogP contribution in [-0.2, 0) is 22.6 Å². The highest BCUT2D eigenvalue weighted by Gasteiger charge is 2.24. The molecule has 1 amide bonds. The van der Waals surface area contributed by atoms with Crippen LogP contribution in [0.5, 0.6) is 0 Å². The van der Waals surface area contributed by atoms with Gasteiger partial charge in [0.05, 0.1) is 32.0 Å². The monoisotopic (exact) mass is 304 g/mol. The van der Waals surface area contributed by atoms with Gasteiger partial charge in [0, 0.05) is 25.7 Å². The highest BCUT2D eigenvalue weighted by Crippen LogP contribution is 2.10. The van der Waals surface area contributed by atoms with Crippen molar-refractivity contribution >= 4 is 5.91 Å². The van der Waals surface area contributed by atoms with Crippen LogP contribution >= 0.6 is 0 Å². The van der Waals surface area contributed by atoms with Crippen molar-refractivity contribution in [1.82, 2.24) is 29.4 Å². The Bertz CT molecular complexity index is 609. The molecular formula is C14H20N6O2. The lowest BCUT2D eigenvalue weighted by atomic mass is 10.2. The van der Waals surface area contributed by atoms with Crippen LogP contribution in [0.3, 0.4) is 0 Å². The standard InChI is InChI=1S/C14H20N6O2/c1-12-6-16-20(7-12)9-13-8-18(4-5-22-13)14(21)2-3-19-11-15-10-17-19/h6-7,10-11,13H,2-5,8-9H2,1H3. The maximum atomic E-state index is 12.3. The molecule has 0 aliphatic carbocycles. The number of ether oxygens (including phenoxy) is 1. The summed E-state index contributed by atoms with van der Waals surface area (Å²) in [5.74, 6) is 0.125. The zero-order valence-electron chi connectivity index (χ0n) is 12.6. The van der Waals surface area contributed by atoms with Gasteiger partial charge in [0.2, 0.25) is 5.91 Å². The Morgan fingerprint density at radius 2 is 2.32 bits per heavy atom. The molecule has 1 aliphatic rings. The quantitative estimate of drug-likeness (QED) is 0.783.